The molecule has 0 aliphatic heterocycles. The standard InChI is InChI=1S/C19H19N3O5/c23-17(10-14-6-2-1-3-7-14)20-12-18(24)22-21-11-15-8-4-5-9-16(15)27-13-19(25)26/h1-9,11H,10,12-13H2,(H,20,23)(H,22,24)(H,25,26)/b21-11+. The maximum absolute atomic E-state index is 11.8. The van der Waals surface area contributed by atoms with Crippen LogP contribution in [0.2, 0.25) is 0 Å². The lowest BCUT2D eigenvalue weighted by Gasteiger charge is -2.06. The van der Waals surface area contributed by atoms with Crippen LogP contribution in [-0.2, 0) is 20.8 Å². The van der Waals surface area contributed by atoms with Crippen LogP contribution < -0.4 is 15.5 Å². The average molecular weight is 369 g/mol. The van der Waals surface area contributed by atoms with E-state index in [1.807, 2.05) is 30.3 Å². The summed E-state index contributed by atoms with van der Waals surface area (Å²) in [6.45, 7) is -0.690. The number of carbonyl (C=O) groups is 3. The monoisotopic (exact) mass is 369 g/mol. The molecule has 0 heterocycles. The zero-order valence-corrected chi connectivity index (χ0v) is 14.4. The number of ether oxygens (including phenoxy) is 1. The first-order valence-electron chi connectivity index (χ1n) is 8.11. The number of rotatable bonds is 9. The number of nitrogens with zero attached hydrogens (tertiary/aromatic N) is 1. The fourth-order valence-electron chi connectivity index (χ4n) is 2.09. The molecule has 0 bridgehead atoms. The molecule has 2 aromatic rings. The minimum absolute atomic E-state index is 0.186. The number of para-hydroxylation sites is 1. The second kappa shape index (κ2) is 10.3. The molecule has 0 aliphatic rings. The molecule has 0 radical (unpaired) electrons. The second-order valence-electron chi connectivity index (χ2n) is 5.45. The summed E-state index contributed by atoms with van der Waals surface area (Å²) >= 11 is 0. The summed E-state index contributed by atoms with van der Waals surface area (Å²) in [6.07, 6.45) is 1.52. The van der Waals surface area contributed by atoms with Crippen molar-refractivity contribution in [3.8, 4) is 5.75 Å². The molecule has 0 spiro atoms. The number of amides is 2. The molecule has 3 N–H and O–H groups in total. The smallest absolute Gasteiger partial charge is 0.341 e. The summed E-state index contributed by atoms with van der Waals surface area (Å²) < 4.78 is 5.13. The van der Waals surface area contributed by atoms with Gasteiger partial charge in [-0.25, -0.2) is 10.2 Å². The molecule has 0 unspecified atom stereocenters. The van der Waals surface area contributed by atoms with Crippen molar-refractivity contribution in [1.82, 2.24) is 10.7 Å². The summed E-state index contributed by atoms with van der Waals surface area (Å²) in [5.41, 5.74) is 3.65. The third kappa shape index (κ3) is 7.39. The van der Waals surface area contributed by atoms with Crippen molar-refractivity contribution in [3.05, 3.63) is 65.7 Å². The number of aliphatic carboxylic acids is 1. The quantitative estimate of drug-likeness (QED) is 0.450. The van der Waals surface area contributed by atoms with Crippen LogP contribution in [-0.4, -0.2) is 42.3 Å². The fourth-order valence-corrected chi connectivity index (χ4v) is 2.09. The molecule has 2 rings (SSSR count). The van der Waals surface area contributed by atoms with Crippen molar-refractivity contribution < 1.29 is 24.2 Å². The van der Waals surface area contributed by atoms with Crippen molar-refractivity contribution >= 4 is 24.0 Å². The Kier molecular flexibility index (Phi) is 7.52. The van der Waals surface area contributed by atoms with Crippen LogP contribution in [0, 0.1) is 0 Å². The molecule has 0 aliphatic carbocycles. The van der Waals surface area contributed by atoms with Gasteiger partial charge in [-0.05, 0) is 17.7 Å². The van der Waals surface area contributed by atoms with Crippen molar-refractivity contribution in [2.75, 3.05) is 13.2 Å². The van der Waals surface area contributed by atoms with Crippen LogP contribution in [0.5, 0.6) is 5.75 Å². The Morgan fingerprint density at radius 1 is 1.00 bits per heavy atom. The second-order valence-corrected chi connectivity index (χ2v) is 5.45. The van der Waals surface area contributed by atoms with Gasteiger partial charge in [0.25, 0.3) is 5.91 Å². The Hall–Kier alpha value is -3.68. The highest BCUT2D eigenvalue weighted by Crippen LogP contribution is 2.15. The molecule has 0 fully saturated rings. The summed E-state index contributed by atoms with van der Waals surface area (Å²) in [5, 5.41) is 15.0. The van der Waals surface area contributed by atoms with Gasteiger partial charge in [-0.15, -0.1) is 0 Å². The summed E-state index contributed by atoms with van der Waals surface area (Å²) in [7, 11) is 0. The number of carboxylic acids is 1. The van der Waals surface area contributed by atoms with Crippen LogP contribution >= 0.6 is 0 Å². The van der Waals surface area contributed by atoms with Gasteiger partial charge in [0.05, 0.1) is 19.2 Å². The molecule has 0 aromatic heterocycles. The van der Waals surface area contributed by atoms with Gasteiger partial charge in [-0.1, -0.05) is 42.5 Å². The average Bonchev–Trinajstić information content (AvgIpc) is 2.66. The molecule has 140 valence electrons. The number of carboxylic acid groups (broad SMARTS) is 1. The Balaban J connectivity index is 1.78. The zero-order valence-electron chi connectivity index (χ0n) is 14.4. The molecule has 2 aromatic carbocycles. The number of hydrogen-bond acceptors (Lipinski definition) is 5. The number of nitrogens with one attached hydrogen (secondary N) is 2. The van der Waals surface area contributed by atoms with E-state index in [-0.39, 0.29) is 18.9 Å². The lowest BCUT2D eigenvalue weighted by atomic mass is 10.1. The molecule has 27 heavy (non-hydrogen) atoms. The molecule has 2 amide bonds. The van der Waals surface area contributed by atoms with E-state index in [0.717, 1.165) is 5.56 Å². The van der Waals surface area contributed by atoms with E-state index in [4.69, 9.17) is 9.84 Å². The predicted octanol–water partition coefficient (Wildman–Crippen LogP) is 0.959. The molecule has 8 heteroatoms. The van der Waals surface area contributed by atoms with E-state index in [9.17, 15) is 14.4 Å². The van der Waals surface area contributed by atoms with Gasteiger partial charge in [-0.2, -0.15) is 5.10 Å². The van der Waals surface area contributed by atoms with E-state index in [1.165, 1.54) is 6.21 Å². The number of benzene rings is 2. The Labute approximate surface area is 155 Å². The Bertz CT molecular complexity index is 821. The fraction of sp³-hybridized carbons (Fsp3) is 0.158. The van der Waals surface area contributed by atoms with Crippen LogP contribution in [0.1, 0.15) is 11.1 Å². The lowest BCUT2D eigenvalue weighted by Crippen LogP contribution is -2.35. The summed E-state index contributed by atoms with van der Waals surface area (Å²) in [6, 6.07) is 15.9. The normalized spacial score (nSPS) is 10.4. The van der Waals surface area contributed by atoms with E-state index >= 15 is 0 Å². The van der Waals surface area contributed by atoms with E-state index in [0.29, 0.717) is 11.3 Å². The third-order valence-corrected chi connectivity index (χ3v) is 3.32. The van der Waals surface area contributed by atoms with Gasteiger partial charge in [0.15, 0.2) is 6.61 Å². The molecule has 0 saturated heterocycles. The van der Waals surface area contributed by atoms with Crippen molar-refractivity contribution in [2.24, 2.45) is 5.10 Å². The predicted molar refractivity (Wildman–Crippen MR) is 98.5 cm³/mol. The van der Waals surface area contributed by atoms with Crippen LogP contribution in [0.25, 0.3) is 0 Å². The van der Waals surface area contributed by atoms with Gasteiger partial charge in [-0.3, -0.25) is 9.59 Å². The SMILES string of the molecule is O=C(O)COc1ccccc1/C=N/NC(=O)CNC(=O)Cc1ccccc1. The van der Waals surface area contributed by atoms with Gasteiger partial charge < -0.3 is 15.2 Å². The van der Waals surface area contributed by atoms with Gasteiger partial charge >= 0.3 is 5.97 Å². The molecule has 0 atom stereocenters. The highest BCUT2D eigenvalue weighted by atomic mass is 16.5. The van der Waals surface area contributed by atoms with E-state index in [2.05, 4.69) is 15.8 Å². The Morgan fingerprint density at radius 2 is 1.70 bits per heavy atom. The largest absolute Gasteiger partial charge is 0.481 e. The molecular weight excluding hydrogens is 350 g/mol. The highest BCUT2D eigenvalue weighted by Gasteiger charge is 2.06. The third-order valence-electron chi connectivity index (χ3n) is 3.32. The van der Waals surface area contributed by atoms with Crippen LogP contribution in [0.3, 0.4) is 0 Å². The Morgan fingerprint density at radius 3 is 2.44 bits per heavy atom. The first kappa shape index (κ1) is 19.6. The molecular formula is C19H19N3O5. The van der Waals surface area contributed by atoms with Crippen LogP contribution in [0.4, 0.5) is 0 Å². The minimum atomic E-state index is -1.10. The molecule has 0 saturated carbocycles. The van der Waals surface area contributed by atoms with E-state index < -0.39 is 18.5 Å². The molecule has 8 nitrogen and oxygen atoms in total. The van der Waals surface area contributed by atoms with Crippen molar-refractivity contribution in [1.29, 1.82) is 0 Å². The zero-order chi connectivity index (χ0) is 19.5. The lowest BCUT2D eigenvalue weighted by molar-refractivity contribution is -0.139. The van der Waals surface area contributed by atoms with Crippen molar-refractivity contribution in [3.63, 3.8) is 0 Å². The topological polar surface area (TPSA) is 117 Å². The first-order chi connectivity index (χ1) is 13.0. The number of carbonyl (C=O) groups excluding carboxylic acids is 2. The maximum Gasteiger partial charge on any atom is 0.341 e. The maximum atomic E-state index is 11.8. The van der Waals surface area contributed by atoms with Gasteiger partial charge in [0.1, 0.15) is 5.75 Å². The van der Waals surface area contributed by atoms with E-state index in [1.54, 1.807) is 24.3 Å². The highest BCUT2D eigenvalue weighted by molar-refractivity contribution is 5.88. The van der Waals surface area contributed by atoms with Gasteiger partial charge in [0, 0.05) is 5.56 Å². The number of hydrogen-bond donors (Lipinski definition) is 3. The summed E-state index contributed by atoms with van der Waals surface area (Å²) in [4.78, 5) is 34.1. The van der Waals surface area contributed by atoms with Crippen molar-refractivity contribution in [2.45, 2.75) is 6.42 Å². The number of hydrazone groups is 1. The first-order valence-corrected chi connectivity index (χ1v) is 8.11. The van der Waals surface area contributed by atoms with Crippen LogP contribution in [0.15, 0.2) is 59.7 Å². The minimum Gasteiger partial charge on any atom is -0.481 e. The summed E-state index contributed by atoms with van der Waals surface area (Å²) in [5.74, 6) is -1.53. The van der Waals surface area contributed by atoms with Gasteiger partial charge in [0.2, 0.25) is 5.91 Å².